The largest absolute Gasteiger partial charge is 0.408 e. The molecule has 0 aromatic heterocycles. The quantitative estimate of drug-likeness (QED) is 0.776. The van der Waals surface area contributed by atoms with Crippen molar-refractivity contribution in [1.82, 2.24) is 0 Å². The topological polar surface area (TPSA) is 26.0 Å². The van der Waals surface area contributed by atoms with E-state index in [1.54, 1.807) is 6.08 Å². The Kier molecular flexibility index (Phi) is 4.50. The van der Waals surface area contributed by atoms with Crippen molar-refractivity contribution in [1.29, 1.82) is 0 Å². The van der Waals surface area contributed by atoms with E-state index in [9.17, 15) is 13.2 Å². The van der Waals surface area contributed by atoms with Crippen LogP contribution in [0.3, 0.4) is 0 Å². The number of nitrogens with two attached hydrogens (primary N) is 1. The Morgan fingerprint density at radius 3 is 2.56 bits per heavy atom. The molecule has 2 atom stereocenters. The first-order chi connectivity index (χ1) is 7.44. The Hall–Kier alpha value is -0.420. The molecule has 1 aliphatic carbocycles. The molecule has 0 bridgehead atoms. The average molecular weight is 251 g/mol. The normalized spacial score (nSPS) is 29.7. The van der Waals surface area contributed by atoms with Gasteiger partial charge in [-0.15, -0.1) is 11.8 Å². The molecule has 0 heterocycles. The van der Waals surface area contributed by atoms with Gasteiger partial charge in [0.15, 0.2) is 0 Å². The van der Waals surface area contributed by atoms with E-state index in [1.165, 1.54) is 18.2 Å². The zero-order valence-corrected chi connectivity index (χ0v) is 9.94. The molecule has 0 aromatic carbocycles. The summed E-state index contributed by atoms with van der Waals surface area (Å²) in [5.74, 6) is 0.474. The molecular formula is C11H16F3NS. The monoisotopic (exact) mass is 251 g/mol. The first kappa shape index (κ1) is 13.6. The number of thioether (sulfide) groups is 1. The van der Waals surface area contributed by atoms with Crippen molar-refractivity contribution < 1.29 is 13.2 Å². The van der Waals surface area contributed by atoms with Gasteiger partial charge in [0, 0.05) is 0 Å². The highest BCUT2D eigenvalue weighted by atomic mass is 32.2. The van der Waals surface area contributed by atoms with Crippen molar-refractivity contribution in [3.8, 4) is 0 Å². The molecule has 0 spiro atoms. The molecule has 0 aromatic rings. The highest BCUT2D eigenvalue weighted by molar-refractivity contribution is 8.01. The number of hydrogen-bond donors (Lipinski definition) is 1. The second-order valence-corrected chi connectivity index (χ2v) is 5.14. The zero-order valence-electron chi connectivity index (χ0n) is 9.13. The lowest BCUT2D eigenvalue weighted by Crippen LogP contribution is -2.54. The summed E-state index contributed by atoms with van der Waals surface area (Å²) < 4.78 is 37.3. The number of halogens is 3. The van der Waals surface area contributed by atoms with Crippen LogP contribution in [0.2, 0.25) is 0 Å². The lowest BCUT2D eigenvalue weighted by atomic mass is 9.94. The molecule has 0 fully saturated rings. The molecule has 0 saturated carbocycles. The lowest BCUT2D eigenvalue weighted by molar-refractivity contribution is -0.149. The Labute approximate surface area is 98.0 Å². The van der Waals surface area contributed by atoms with Crippen molar-refractivity contribution in [2.24, 2.45) is 5.73 Å². The number of hydrogen-bond acceptors (Lipinski definition) is 2. The molecule has 0 aliphatic heterocycles. The highest BCUT2D eigenvalue weighted by Gasteiger charge is 2.57. The SMILES string of the molecule is CCCCSC1(C(F)(F)F)C=CC=CC1N. The summed E-state index contributed by atoms with van der Waals surface area (Å²) in [5, 5.41) is 0. The lowest BCUT2D eigenvalue weighted by Gasteiger charge is -2.37. The first-order valence-electron chi connectivity index (χ1n) is 5.26. The van der Waals surface area contributed by atoms with E-state index in [2.05, 4.69) is 0 Å². The van der Waals surface area contributed by atoms with Gasteiger partial charge in [-0.25, -0.2) is 0 Å². The van der Waals surface area contributed by atoms with Crippen LogP contribution in [0.25, 0.3) is 0 Å². The van der Waals surface area contributed by atoms with Gasteiger partial charge < -0.3 is 5.73 Å². The number of alkyl halides is 3. The summed E-state index contributed by atoms with van der Waals surface area (Å²) in [6.45, 7) is 1.96. The third kappa shape index (κ3) is 2.63. The van der Waals surface area contributed by atoms with Crippen LogP contribution in [0.1, 0.15) is 19.8 Å². The van der Waals surface area contributed by atoms with Crippen molar-refractivity contribution in [3.05, 3.63) is 24.3 Å². The van der Waals surface area contributed by atoms with E-state index in [0.29, 0.717) is 5.75 Å². The Bertz CT molecular complexity index is 285. The summed E-state index contributed by atoms with van der Waals surface area (Å²) in [6.07, 6.45) is 2.92. The van der Waals surface area contributed by atoms with Crippen molar-refractivity contribution in [3.63, 3.8) is 0 Å². The van der Waals surface area contributed by atoms with Crippen molar-refractivity contribution in [2.75, 3.05) is 5.75 Å². The molecule has 0 radical (unpaired) electrons. The summed E-state index contributed by atoms with van der Waals surface area (Å²) in [4.78, 5) is 0. The van der Waals surface area contributed by atoms with Gasteiger partial charge in [-0.3, -0.25) is 0 Å². The number of allylic oxidation sites excluding steroid dienone is 2. The number of rotatable bonds is 4. The fourth-order valence-electron chi connectivity index (χ4n) is 1.53. The van der Waals surface area contributed by atoms with E-state index in [4.69, 9.17) is 5.73 Å². The molecule has 2 unspecified atom stereocenters. The van der Waals surface area contributed by atoms with Gasteiger partial charge in [-0.1, -0.05) is 37.6 Å². The molecule has 16 heavy (non-hydrogen) atoms. The fraction of sp³-hybridized carbons (Fsp3) is 0.636. The highest BCUT2D eigenvalue weighted by Crippen LogP contribution is 2.46. The van der Waals surface area contributed by atoms with Crippen LogP contribution in [0, 0.1) is 0 Å². The van der Waals surface area contributed by atoms with Gasteiger partial charge in [-0.05, 0) is 12.2 Å². The van der Waals surface area contributed by atoms with E-state index in [1.807, 2.05) is 6.92 Å². The van der Waals surface area contributed by atoms with E-state index < -0.39 is 17.0 Å². The van der Waals surface area contributed by atoms with Gasteiger partial charge in [0.25, 0.3) is 0 Å². The van der Waals surface area contributed by atoms with Crippen LogP contribution in [0.4, 0.5) is 13.2 Å². The molecule has 0 saturated heterocycles. The maximum atomic E-state index is 13.1. The average Bonchev–Trinajstić information content (AvgIpc) is 2.19. The predicted octanol–water partition coefficient (Wildman–Crippen LogP) is 3.27. The standard InChI is InChI=1S/C11H16F3NS/c1-2-3-8-16-10(11(12,13)14)7-5-4-6-9(10)15/h4-7,9H,2-3,8,15H2,1H3. The Morgan fingerprint density at radius 1 is 1.38 bits per heavy atom. The smallest absolute Gasteiger partial charge is 0.323 e. The minimum Gasteiger partial charge on any atom is -0.323 e. The fourth-order valence-corrected chi connectivity index (χ4v) is 2.91. The van der Waals surface area contributed by atoms with Crippen LogP contribution < -0.4 is 5.73 Å². The summed E-state index contributed by atoms with van der Waals surface area (Å²) in [5.41, 5.74) is 5.60. The molecule has 1 rings (SSSR count). The minimum atomic E-state index is -4.31. The van der Waals surface area contributed by atoms with E-state index in [-0.39, 0.29) is 0 Å². The molecule has 2 N–H and O–H groups in total. The van der Waals surface area contributed by atoms with Crippen molar-refractivity contribution in [2.45, 2.75) is 36.7 Å². The predicted molar refractivity (Wildman–Crippen MR) is 62.4 cm³/mol. The maximum absolute atomic E-state index is 13.1. The molecular weight excluding hydrogens is 235 g/mol. The van der Waals surface area contributed by atoms with Crippen molar-refractivity contribution >= 4 is 11.8 Å². The van der Waals surface area contributed by atoms with E-state index in [0.717, 1.165) is 24.6 Å². The zero-order chi connectivity index (χ0) is 12.2. The van der Waals surface area contributed by atoms with Gasteiger partial charge in [0.1, 0.15) is 4.75 Å². The summed E-state index contributed by atoms with van der Waals surface area (Å²) in [6, 6.07) is -1.00. The van der Waals surface area contributed by atoms with Gasteiger partial charge in [0.05, 0.1) is 6.04 Å². The molecule has 1 aliphatic rings. The van der Waals surface area contributed by atoms with Gasteiger partial charge in [0.2, 0.25) is 0 Å². The molecule has 92 valence electrons. The Morgan fingerprint density at radius 2 is 2.06 bits per heavy atom. The second kappa shape index (κ2) is 5.27. The Balaban J connectivity index is 2.85. The van der Waals surface area contributed by atoms with Gasteiger partial charge in [-0.2, -0.15) is 13.2 Å². The molecule has 1 nitrogen and oxygen atoms in total. The van der Waals surface area contributed by atoms with E-state index >= 15 is 0 Å². The van der Waals surface area contributed by atoms with Crippen LogP contribution >= 0.6 is 11.8 Å². The molecule has 0 amide bonds. The van der Waals surface area contributed by atoms with Gasteiger partial charge >= 0.3 is 6.18 Å². The minimum absolute atomic E-state index is 0.474. The summed E-state index contributed by atoms with van der Waals surface area (Å²) in [7, 11) is 0. The second-order valence-electron chi connectivity index (χ2n) is 3.76. The molecule has 5 heteroatoms. The summed E-state index contributed by atoms with van der Waals surface area (Å²) >= 11 is 0.896. The third-order valence-corrected chi connectivity index (χ3v) is 4.16. The maximum Gasteiger partial charge on any atom is 0.408 e. The first-order valence-corrected chi connectivity index (χ1v) is 6.25. The van der Waals surface area contributed by atoms with Crippen LogP contribution in [-0.4, -0.2) is 22.7 Å². The van der Waals surface area contributed by atoms with Crippen LogP contribution in [0.15, 0.2) is 24.3 Å². The number of unbranched alkanes of at least 4 members (excludes halogenated alkanes) is 1. The van der Waals surface area contributed by atoms with Crippen LogP contribution in [0.5, 0.6) is 0 Å². The van der Waals surface area contributed by atoms with Crippen LogP contribution in [-0.2, 0) is 0 Å². The third-order valence-electron chi connectivity index (χ3n) is 2.55.